The number of ether oxygens (including phenoxy) is 1. The van der Waals surface area contributed by atoms with E-state index in [1.807, 2.05) is 12.4 Å². The first-order valence-electron chi connectivity index (χ1n) is 7.80. The molecule has 1 fully saturated rings. The number of aromatic nitrogens is 2. The summed E-state index contributed by atoms with van der Waals surface area (Å²) in [5.74, 6) is 1.60. The molecule has 0 unspecified atom stereocenters. The van der Waals surface area contributed by atoms with Crippen molar-refractivity contribution in [1.29, 1.82) is 0 Å². The number of nitrogens with zero attached hydrogens (tertiary/aromatic N) is 2. The third-order valence-electron chi connectivity index (χ3n) is 4.53. The lowest BCUT2D eigenvalue weighted by Gasteiger charge is -2.25. The van der Waals surface area contributed by atoms with Crippen LogP contribution in [-0.4, -0.2) is 40.9 Å². The molecule has 0 spiro atoms. The van der Waals surface area contributed by atoms with Crippen molar-refractivity contribution < 1.29 is 9.53 Å². The quantitative estimate of drug-likeness (QED) is 0.879. The van der Waals surface area contributed by atoms with Crippen molar-refractivity contribution >= 4 is 6.03 Å². The van der Waals surface area contributed by atoms with Gasteiger partial charge in [0.1, 0.15) is 5.82 Å². The van der Waals surface area contributed by atoms with E-state index in [4.69, 9.17) is 4.74 Å². The van der Waals surface area contributed by atoms with E-state index in [9.17, 15) is 4.79 Å². The Labute approximate surface area is 125 Å². The predicted molar refractivity (Wildman–Crippen MR) is 79.0 cm³/mol. The average molecular weight is 292 g/mol. The summed E-state index contributed by atoms with van der Waals surface area (Å²) in [6.45, 7) is 5.13. The first-order chi connectivity index (χ1) is 10.1. The van der Waals surface area contributed by atoms with Crippen LogP contribution in [-0.2, 0) is 17.7 Å². The molecule has 1 saturated heterocycles. The van der Waals surface area contributed by atoms with Gasteiger partial charge >= 0.3 is 6.03 Å². The zero-order chi connectivity index (χ0) is 14.7. The molecule has 2 aliphatic heterocycles. The number of hydrogen-bond donors (Lipinski definition) is 2. The normalized spacial score (nSPS) is 28.1. The maximum atomic E-state index is 11.9. The number of aryl methyl sites for hydroxylation is 1. The minimum atomic E-state index is -0.188. The molecule has 0 aromatic carbocycles. The molecule has 0 saturated carbocycles. The Morgan fingerprint density at radius 2 is 2.48 bits per heavy atom. The highest BCUT2D eigenvalue weighted by atomic mass is 16.5. The molecule has 6 heteroatoms. The highest BCUT2D eigenvalue weighted by Gasteiger charge is 2.30. The molecule has 1 aromatic rings. The highest BCUT2D eigenvalue weighted by Crippen LogP contribution is 2.23. The summed E-state index contributed by atoms with van der Waals surface area (Å²) in [6.07, 6.45) is 7.99. The second kappa shape index (κ2) is 6.05. The smallest absolute Gasteiger partial charge is 0.314 e. The minimum Gasteiger partial charge on any atom is -0.373 e. The lowest BCUT2D eigenvalue weighted by atomic mass is 9.98. The van der Waals surface area contributed by atoms with Gasteiger partial charge in [0.25, 0.3) is 0 Å². The van der Waals surface area contributed by atoms with Crippen molar-refractivity contribution in [2.24, 2.45) is 5.92 Å². The van der Waals surface area contributed by atoms with E-state index in [1.54, 1.807) is 0 Å². The highest BCUT2D eigenvalue weighted by molar-refractivity contribution is 5.73. The van der Waals surface area contributed by atoms with E-state index in [-0.39, 0.29) is 11.6 Å². The molecule has 2 atom stereocenters. The van der Waals surface area contributed by atoms with Gasteiger partial charge in [-0.3, -0.25) is 0 Å². The van der Waals surface area contributed by atoms with Crippen molar-refractivity contribution in [3.05, 3.63) is 18.2 Å². The molecule has 3 rings (SSSR count). The molecule has 0 radical (unpaired) electrons. The Morgan fingerprint density at radius 3 is 3.29 bits per heavy atom. The van der Waals surface area contributed by atoms with Crippen LogP contribution < -0.4 is 10.6 Å². The van der Waals surface area contributed by atoms with Gasteiger partial charge < -0.3 is 19.9 Å². The summed E-state index contributed by atoms with van der Waals surface area (Å²) in [7, 11) is 0. The monoisotopic (exact) mass is 292 g/mol. The van der Waals surface area contributed by atoms with E-state index in [0.29, 0.717) is 19.0 Å². The lowest BCUT2D eigenvalue weighted by Crippen LogP contribution is -2.46. The van der Waals surface area contributed by atoms with Crippen molar-refractivity contribution in [1.82, 2.24) is 20.2 Å². The molecule has 1 aromatic heterocycles. The number of fused-ring (bicyclic) bond motifs is 1. The molecule has 21 heavy (non-hydrogen) atoms. The molecular formula is C15H24N4O2. The Morgan fingerprint density at radius 1 is 1.57 bits per heavy atom. The summed E-state index contributed by atoms with van der Waals surface area (Å²) in [5, 5.41) is 5.90. The van der Waals surface area contributed by atoms with Crippen LogP contribution in [0.3, 0.4) is 0 Å². The summed E-state index contributed by atoms with van der Waals surface area (Å²) < 4.78 is 7.85. The molecule has 0 bridgehead atoms. The molecule has 2 amide bonds. The number of rotatable bonds is 4. The summed E-state index contributed by atoms with van der Waals surface area (Å²) in [6, 6.07) is -0.0966. The standard InChI is InChI=1S/C15H24N4O2/c1-15(4-2-8-21-15)11-18-14(20)17-10-12-3-6-19-7-5-16-13(19)9-12/h5,7,12H,2-4,6,8-11H2,1H3,(H2,17,18,20)/t12-,15-/m1/s1. The molecule has 2 aliphatic rings. The van der Waals surface area contributed by atoms with Crippen LogP contribution in [0.4, 0.5) is 4.79 Å². The number of imidazole rings is 1. The fourth-order valence-electron chi connectivity index (χ4n) is 3.13. The van der Waals surface area contributed by atoms with Crippen LogP contribution >= 0.6 is 0 Å². The van der Waals surface area contributed by atoms with Crippen LogP contribution in [0.25, 0.3) is 0 Å². The molecule has 0 aliphatic carbocycles. The summed E-state index contributed by atoms with van der Waals surface area (Å²) in [5.41, 5.74) is -0.188. The van der Waals surface area contributed by atoms with Gasteiger partial charge in [-0.05, 0) is 32.1 Å². The van der Waals surface area contributed by atoms with Gasteiger partial charge in [0.05, 0.1) is 5.60 Å². The summed E-state index contributed by atoms with van der Waals surface area (Å²) >= 11 is 0. The number of carbonyl (C=O) groups excluding carboxylic acids is 1. The first kappa shape index (κ1) is 14.4. The molecule has 2 N–H and O–H groups in total. The average Bonchev–Trinajstić information content (AvgIpc) is 3.11. The molecule has 116 valence electrons. The maximum Gasteiger partial charge on any atom is 0.314 e. The number of amides is 2. The molecule has 3 heterocycles. The van der Waals surface area contributed by atoms with Gasteiger partial charge in [0, 0.05) is 45.1 Å². The fraction of sp³-hybridized carbons (Fsp3) is 0.733. The Kier molecular flexibility index (Phi) is 4.14. The second-order valence-corrected chi connectivity index (χ2v) is 6.36. The Hall–Kier alpha value is -1.56. The van der Waals surface area contributed by atoms with Crippen LogP contribution in [0.1, 0.15) is 32.0 Å². The van der Waals surface area contributed by atoms with E-state index < -0.39 is 0 Å². The van der Waals surface area contributed by atoms with E-state index in [0.717, 1.165) is 44.7 Å². The van der Waals surface area contributed by atoms with Gasteiger partial charge in [0.2, 0.25) is 0 Å². The van der Waals surface area contributed by atoms with Gasteiger partial charge in [-0.2, -0.15) is 0 Å². The van der Waals surface area contributed by atoms with E-state index in [2.05, 4.69) is 27.1 Å². The maximum absolute atomic E-state index is 11.9. The van der Waals surface area contributed by atoms with Gasteiger partial charge in [-0.25, -0.2) is 9.78 Å². The minimum absolute atomic E-state index is 0.0966. The van der Waals surface area contributed by atoms with Crippen molar-refractivity contribution in [3.8, 4) is 0 Å². The van der Waals surface area contributed by atoms with Crippen LogP contribution in [0.5, 0.6) is 0 Å². The van der Waals surface area contributed by atoms with Crippen LogP contribution in [0.15, 0.2) is 12.4 Å². The zero-order valence-corrected chi connectivity index (χ0v) is 12.6. The fourth-order valence-corrected chi connectivity index (χ4v) is 3.13. The Bertz CT molecular complexity index is 494. The molecule has 6 nitrogen and oxygen atoms in total. The number of nitrogens with one attached hydrogen (secondary N) is 2. The zero-order valence-electron chi connectivity index (χ0n) is 12.6. The summed E-state index contributed by atoms with van der Waals surface area (Å²) in [4.78, 5) is 16.2. The lowest BCUT2D eigenvalue weighted by molar-refractivity contribution is 0.0229. The van der Waals surface area contributed by atoms with Crippen molar-refractivity contribution in [2.45, 2.75) is 44.8 Å². The Balaban J connectivity index is 1.38. The molecular weight excluding hydrogens is 268 g/mol. The van der Waals surface area contributed by atoms with E-state index >= 15 is 0 Å². The van der Waals surface area contributed by atoms with Crippen LogP contribution in [0, 0.1) is 5.92 Å². The van der Waals surface area contributed by atoms with Gasteiger partial charge in [0.15, 0.2) is 0 Å². The first-order valence-corrected chi connectivity index (χ1v) is 7.80. The third-order valence-corrected chi connectivity index (χ3v) is 4.53. The van der Waals surface area contributed by atoms with Crippen LogP contribution in [0.2, 0.25) is 0 Å². The second-order valence-electron chi connectivity index (χ2n) is 6.36. The number of hydrogen-bond acceptors (Lipinski definition) is 3. The topological polar surface area (TPSA) is 68.2 Å². The number of urea groups is 1. The van der Waals surface area contributed by atoms with Gasteiger partial charge in [-0.1, -0.05) is 0 Å². The van der Waals surface area contributed by atoms with Gasteiger partial charge in [-0.15, -0.1) is 0 Å². The van der Waals surface area contributed by atoms with Crippen molar-refractivity contribution in [2.75, 3.05) is 19.7 Å². The predicted octanol–water partition coefficient (Wildman–Crippen LogP) is 1.31. The number of carbonyl (C=O) groups is 1. The van der Waals surface area contributed by atoms with E-state index in [1.165, 1.54) is 0 Å². The largest absolute Gasteiger partial charge is 0.373 e. The SMILES string of the molecule is C[C@]1(CNC(=O)NC[C@@H]2CCn3ccnc3C2)CCCO1. The van der Waals surface area contributed by atoms with Crippen molar-refractivity contribution in [3.63, 3.8) is 0 Å². The third kappa shape index (κ3) is 3.56.